The van der Waals surface area contributed by atoms with Crippen LogP contribution < -0.4 is 9.47 Å². The van der Waals surface area contributed by atoms with E-state index in [2.05, 4.69) is 0 Å². The van der Waals surface area contributed by atoms with E-state index in [1.807, 2.05) is 0 Å². The Morgan fingerprint density at radius 2 is 1.59 bits per heavy atom. The fraction of sp³-hybridized carbons (Fsp3) is 0.600. The molecule has 8 nitrogen and oxygen atoms in total. The summed E-state index contributed by atoms with van der Waals surface area (Å²) < 4.78 is 23.7. The average Bonchev–Trinajstić information content (AvgIpc) is 2.78. The van der Waals surface area contributed by atoms with Crippen molar-refractivity contribution in [1.82, 2.24) is 0 Å². The molecule has 1 aliphatic rings. The maximum absolute atomic E-state index is 13.4. The fourth-order valence-electron chi connectivity index (χ4n) is 3.50. The zero-order valence-corrected chi connectivity index (χ0v) is 18.3. The van der Waals surface area contributed by atoms with Gasteiger partial charge in [-0.1, -0.05) is 29.9 Å². The molecule has 1 aromatic rings. The van der Waals surface area contributed by atoms with Gasteiger partial charge in [-0.05, 0) is 30.9 Å². The Morgan fingerprint density at radius 3 is 2.10 bits per heavy atom. The van der Waals surface area contributed by atoms with Crippen LogP contribution in [0.25, 0.3) is 0 Å². The van der Waals surface area contributed by atoms with Crippen LogP contribution in [-0.4, -0.2) is 46.3 Å². The predicted molar refractivity (Wildman–Crippen MR) is 108 cm³/mol. The second-order valence-electron chi connectivity index (χ2n) is 6.49. The lowest BCUT2D eigenvalue weighted by atomic mass is 9.76. The summed E-state index contributed by atoms with van der Waals surface area (Å²) in [4.78, 5) is 36.0. The van der Waals surface area contributed by atoms with E-state index in [1.54, 1.807) is 18.2 Å². The molecule has 0 aliphatic heterocycles. The molecule has 0 heterocycles. The summed E-state index contributed by atoms with van der Waals surface area (Å²) >= 11 is 0. The molecule has 2 rings (SSSR count). The molecule has 0 N–H and O–H groups in total. The minimum absolute atomic E-state index is 0.0978. The smallest absolute Gasteiger partial charge is 0.353 e. The maximum Gasteiger partial charge on any atom is 0.353 e. The molecule has 0 aromatic heterocycles. The van der Waals surface area contributed by atoms with Gasteiger partial charge in [0.05, 0.1) is 20.8 Å². The monoisotopic (exact) mass is 429 g/mol. The summed E-state index contributed by atoms with van der Waals surface area (Å²) in [5, 5.41) is 0. The molecule has 1 aromatic carbocycles. The van der Waals surface area contributed by atoms with E-state index >= 15 is 0 Å². The van der Waals surface area contributed by atoms with Crippen LogP contribution in [0.15, 0.2) is 18.2 Å². The first-order valence-electron chi connectivity index (χ1n) is 9.45. The third kappa shape index (κ3) is 7.07. The predicted octanol–water partition coefficient (Wildman–Crippen LogP) is 3.41. The largest absolute Gasteiger partial charge is 0.496 e. The van der Waals surface area contributed by atoms with Gasteiger partial charge in [0.2, 0.25) is 0 Å². The van der Waals surface area contributed by atoms with Gasteiger partial charge >= 0.3 is 15.1 Å². The van der Waals surface area contributed by atoms with Crippen molar-refractivity contribution in [3.63, 3.8) is 0 Å². The molecular formula is C20H30O8P+. The second-order valence-corrected chi connectivity index (χ2v) is 6.49. The van der Waals surface area contributed by atoms with Crippen molar-refractivity contribution in [3.05, 3.63) is 23.8 Å². The number of carbonyl (C=O) groups is 2. The fourth-order valence-corrected chi connectivity index (χ4v) is 3.50. The number of hydrogen-bond donors (Lipinski definition) is 0. The Hall–Kier alpha value is -2.02. The normalized spacial score (nSPS) is 14.9. The summed E-state index contributed by atoms with van der Waals surface area (Å²) in [5.41, 5.74) is 0.256. The minimum atomic E-state index is -0.960. The van der Waals surface area contributed by atoms with E-state index in [-0.39, 0.29) is 30.5 Å². The number of ether oxygens (including phenoxy) is 3. The Balaban J connectivity index is 0.00000204. The van der Waals surface area contributed by atoms with Crippen molar-refractivity contribution in [2.75, 3.05) is 34.5 Å². The van der Waals surface area contributed by atoms with E-state index < -0.39 is 11.9 Å². The van der Waals surface area contributed by atoms with Gasteiger partial charge in [-0.2, -0.15) is 4.89 Å². The summed E-state index contributed by atoms with van der Waals surface area (Å²) in [6.07, 6.45) is 4.65. The molecule has 0 spiro atoms. The molecule has 162 valence electrons. The van der Waals surface area contributed by atoms with E-state index in [4.69, 9.17) is 28.6 Å². The SMILES string of the molecule is COCCOOC(=O)C(C(=O)c1c(OC)cccc1OC)C1CCCCC1.O=[PH2+]. The van der Waals surface area contributed by atoms with Crippen molar-refractivity contribution in [3.8, 4) is 11.5 Å². The van der Waals surface area contributed by atoms with E-state index in [0.717, 1.165) is 32.1 Å². The molecule has 0 saturated heterocycles. The lowest BCUT2D eigenvalue weighted by Crippen LogP contribution is -2.35. The Morgan fingerprint density at radius 1 is 1.00 bits per heavy atom. The molecule has 29 heavy (non-hydrogen) atoms. The summed E-state index contributed by atoms with van der Waals surface area (Å²) in [6, 6.07) is 5.08. The van der Waals surface area contributed by atoms with Crippen LogP contribution in [0.5, 0.6) is 11.5 Å². The number of benzene rings is 1. The van der Waals surface area contributed by atoms with Crippen molar-refractivity contribution in [2.24, 2.45) is 11.8 Å². The van der Waals surface area contributed by atoms with Crippen LogP contribution in [-0.2, 0) is 23.9 Å². The molecule has 1 fully saturated rings. The molecule has 9 heteroatoms. The number of hydrogen-bond acceptors (Lipinski definition) is 8. The van der Waals surface area contributed by atoms with Gasteiger partial charge in [0.25, 0.3) is 0 Å². The third-order valence-corrected chi connectivity index (χ3v) is 4.84. The van der Waals surface area contributed by atoms with Gasteiger partial charge in [-0.3, -0.25) is 9.68 Å². The van der Waals surface area contributed by atoms with Crippen LogP contribution in [0.2, 0.25) is 0 Å². The summed E-state index contributed by atoms with van der Waals surface area (Å²) in [5.74, 6) is -1.37. The highest BCUT2D eigenvalue weighted by Crippen LogP contribution is 2.37. The first-order chi connectivity index (χ1) is 14.1. The van der Waals surface area contributed by atoms with Crippen molar-refractivity contribution in [2.45, 2.75) is 32.1 Å². The lowest BCUT2D eigenvalue weighted by Gasteiger charge is -2.28. The zero-order valence-electron chi connectivity index (χ0n) is 17.2. The Bertz CT molecular complexity index is 623. The summed E-state index contributed by atoms with van der Waals surface area (Å²) in [7, 11) is 5.65. The second kappa shape index (κ2) is 14.0. The molecular weight excluding hydrogens is 399 g/mol. The van der Waals surface area contributed by atoms with Gasteiger partial charge in [-0.25, -0.2) is 4.79 Å². The number of methoxy groups -OCH3 is 3. The van der Waals surface area contributed by atoms with Crippen molar-refractivity contribution in [1.29, 1.82) is 0 Å². The molecule has 0 bridgehead atoms. The van der Waals surface area contributed by atoms with Crippen LogP contribution in [0.3, 0.4) is 0 Å². The van der Waals surface area contributed by atoms with Crippen LogP contribution in [0.1, 0.15) is 42.5 Å². The minimum Gasteiger partial charge on any atom is -0.496 e. The number of rotatable bonds is 10. The number of Topliss-reactive ketones (excluding diaryl/α,β-unsaturated/α-hetero) is 1. The molecule has 1 aliphatic carbocycles. The van der Waals surface area contributed by atoms with E-state index in [0.29, 0.717) is 11.5 Å². The molecule has 2 atom stereocenters. The van der Waals surface area contributed by atoms with E-state index in [1.165, 1.54) is 30.4 Å². The van der Waals surface area contributed by atoms with Crippen LogP contribution >= 0.6 is 9.12 Å². The topological polar surface area (TPSA) is 97.4 Å². The first-order valence-corrected chi connectivity index (χ1v) is 9.92. The van der Waals surface area contributed by atoms with Crippen LogP contribution in [0, 0.1) is 11.8 Å². The third-order valence-electron chi connectivity index (χ3n) is 4.84. The van der Waals surface area contributed by atoms with Crippen LogP contribution in [0.4, 0.5) is 0 Å². The molecule has 0 radical (unpaired) electrons. The molecule has 1 saturated carbocycles. The van der Waals surface area contributed by atoms with Gasteiger partial charge in [0.1, 0.15) is 29.6 Å². The maximum atomic E-state index is 13.4. The highest BCUT2D eigenvalue weighted by atomic mass is 31.0. The van der Waals surface area contributed by atoms with Gasteiger partial charge < -0.3 is 14.2 Å². The van der Waals surface area contributed by atoms with Gasteiger partial charge in [-0.15, -0.1) is 0 Å². The highest BCUT2D eigenvalue weighted by Gasteiger charge is 2.40. The quantitative estimate of drug-likeness (QED) is 0.139. The Kier molecular flexibility index (Phi) is 12.1. The highest BCUT2D eigenvalue weighted by molar-refractivity contribution is 7.00. The first kappa shape index (κ1) is 25.0. The van der Waals surface area contributed by atoms with Crippen molar-refractivity contribution < 1.29 is 38.1 Å². The number of carbonyl (C=O) groups excluding carboxylic acids is 2. The van der Waals surface area contributed by atoms with Crippen molar-refractivity contribution >= 4 is 20.9 Å². The molecule has 2 unspecified atom stereocenters. The standard InChI is InChI=1S/C20H28O7.H2OP/c1-23-12-13-26-27-20(22)17(14-8-5-4-6-9-14)19(21)18-15(24-2)10-7-11-16(18)25-3;1-2/h7,10-11,14,17H,4-6,8-9,12-13H2,1-3H3;2H2/q;+1. The molecule has 0 amide bonds. The van der Waals surface area contributed by atoms with Gasteiger partial charge in [0, 0.05) is 7.11 Å². The summed E-state index contributed by atoms with van der Waals surface area (Å²) in [6.45, 7) is 0.390. The van der Waals surface area contributed by atoms with Gasteiger partial charge in [0.15, 0.2) is 5.78 Å². The Labute approximate surface area is 173 Å². The lowest BCUT2D eigenvalue weighted by molar-refractivity contribution is -0.279. The van der Waals surface area contributed by atoms with E-state index in [9.17, 15) is 9.59 Å². The average molecular weight is 429 g/mol. The number of ketones is 1. The zero-order chi connectivity index (χ0) is 21.6.